The van der Waals surface area contributed by atoms with Crippen LogP contribution in [-0.4, -0.2) is 29.8 Å². The fraction of sp³-hybridized carbons (Fsp3) is 0.182. The molecule has 21 heavy (non-hydrogen) atoms. The zero-order valence-corrected chi connectivity index (χ0v) is 12.8. The lowest BCUT2D eigenvalue weighted by Gasteiger charge is -2.08. The van der Waals surface area contributed by atoms with Gasteiger partial charge in [0.1, 0.15) is 17.1 Å². The normalized spacial score (nSPS) is 11.6. The maximum Gasteiger partial charge on any atom is 0.337 e. The molecule has 0 unspecified atom stereocenters. The summed E-state index contributed by atoms with van der Waals surface area (Å²) in [6.45, 7) is 1.53. The number of carboxylic acid groups (broad SMARTS) is 1. The lowest BCUT2D eigenvalue weighted by atomic mass is 10.2. The van der Waals surface area contributed by atoms with E-state index in [0.717, 1.165) is 12.1 Å². The number of halogens is 2. The van der Waals surface area contributed by atoms with Gasteiger partial charge in [0.25, 0.3) is 0 Å². The van der Waals surface area contributed by atoms with Crippen LogP contribution >= 0.6 is 23.2 Å². The van der Waals surface area contributed by atoms with Gasteiger partial charge in [0, 0.05) is 5.02 Å². The van der Waals surface area contributed by atoms with Gasteiger partial charge in [-0.3, -0.25) is 0 Å². The highest BCUT2D eigenvalue weighted by atomic mass is 35.5. The lowest BCUT2D eigenvalue weighted by molar-refractivity contribution is 0.0697. The third-order valence-electron chi connectivity index (χ3n) is 2.64. The molecule has 10 heteroatoms. The van der Waals surface area contributed by atoms with Crippen molar-refractivity contribution >= 4 is 39.0 Å². The number of nitrogens with zero attached hydrogens (tertiary/aromatic N) is 2. The number of sulfone groups is 1. The van der Waals surface area contributed by atoms with E-state index in [1.54, 1.807) is 0 Å². The van der Waals surface area contributed by atoms with Crippen molar-refractivity contribution in [3.8, 4) is 0 Å². The molecule has 0 amide bonds. The molecule has 2 rings (SSSR count). The van der Waals surface area contributed by atoms with Crippen LogP contribution in [0.2, 0.25) is 10.0 Å². The van der Waals surface area contributed by atoms with E-state index < -0.39 is 32.1 Å². The number of aromatic carboxylic acids is 1. The first-order chi connectivity index (χ1) is 9.72. The minimum atomic E-state index is -3.96. The van der Waals surface area contributed by atoms with Gasteiger partial charge in [0.15, 0.2) is 9.84 Å². The van der Waals surface area contributed by atoms with Gasteiger partial charge < -0.3 is 5.11 Å². The van der Waals surface area contributed by atoms with Gasteiger partial charge in [0.2, 0.25) is 0 Å². The van der Waals surface area contributed by atoms with E-state index in [1.807, 2.05) is 0 Å². The summed E-state index contributed by atoms with van der Waals surface area (Å²) < 4.78 is 29.1. The van der Waals surface area contributed by atoms with Gasteiger partial charge in [0.05, 0.1) is 15.5 Å². The second kappa shape index (κ2) is 5.63. The minimum absolute atomic E-state index is 0.0506. The summed E-state index contributed by atoms with van der Waals surface area (Å²) in [6, 6.07) is 2.17. The van der Waals surface area contributed by atoms with Crippen molar-refractivity contribution in [2.45, 2.75) is 17.6 Å². The molecule has 112 valence electrons. The van der Waals surface area contributed by atoms with Crippen molar-refractivity contribution in [3.05, 3.63) is 39.1 Å². The third-order valence-corrected chi connectivity index (χ3v) is 5.03. The average Bonchev–Trinajstić information content (AvgIpc) is 2.76. The van der Waals surface area contributed by atoms with Gasteiger partial charge in [-0.1, -0.05) is 33.5 Å². The molecule has 0 radical (unpaired) electrons. The quantitative estimate of drug-likeness (QED) is 0.900. The molecule has 1 N–H and O–H groups in total. The van der Waals surface area contributed by atoms with E-state index in [0.29, 0.717) is 5.69 Å². The predicted octanol–water partition coefficient (Wildman–Crippen LogP) is 2.36. The summed E-state index contributed by atoms with van der Waals surface area (Å²) in [6.07, 6.45) is 0. The summed E-state index contributed by atoms with van der Waals surface area (Å²) >= 11 is 11.6. The van der Waals surface area contributed by atoms with Crippen LogP contribution in [0.15, 0.2) is 21.7 Å². The molecule has 1 aromatic heterocycles. The van der Waals surface area contributed by atoms with Crippen LogP contribution in [0.1, 0.15) is 21.7 Å². The Morgan fingerprint density at radius 3 is 2.52 bits per heavy atom. The number of aromatic nitrogens is 2. The Morgan fingerprint density at radius 2 is 2.00 bits per heavy atom. The summed E-state index contributed by atoms with van der Waals surface area (Å²) in [5.41, 5.74) is 0.0378. The molecule has 0 aliphatic carbocycles. The minimum Gasteiger partial charge on any atom is -0.478 e. The Kier molecular flexibility index (Phi) is 4.22. The van der Waals surface area contributed by atoms with E-state index in [2.05, 4.69) is 14.9 Å². The van der Waals surface area contributed by atoms with E-state index in [1.165, 1.54) is 6.92 Å². The topological polar surface area (TPSA) is 110 Å². The van der Waals surface area contributed by atoms with E-state index in [4.69, 9.17) is 28.3 Å². The fourth-order valence-corrected chi connectivity index (χ4v) is 3.88. The Bertz CT molecular complexity index is 816. The maximum atomic E-state index is 12.4. The van der Waals surface area contributed by atoms with Crippen LogP contribution in [0.3, 0.4) is 0 Å². The van der Waals surface area contributed by atoms with Crippen molar-refractivity contribution in [2.24, 2.45) is 0 Å². The SMILES string of the molecule is Cc1nonc1CS(=O)(=O)c1cc(Cl)cc(C(=O)O)c1Cl. The highest BCUT2D eigenvalue weighted by Crippen LogP contribution is 2.31. The number of benzene rings is 1. The molecule has 0 aliphatic heterocycles. The molecule has 1 aromatic carbocycles. The fourth-order valence-electron chi connectivity index (χ4n) is 1.58. The highest BCUT2D eigenvalue weighted by Gasteiger charge is 2.26. The van der Waals surface area contributed by atoms with Crippen molar-refractivity contribution in [3.63, 3.8) is 0 Å². The van der Waals surface area contributed by atoms with Crippen LogP contribution in [0.5, 0.6) is 0 Å². The van der Waals surface area contributed by atoms with Crippen molar-refractivity contribution in [1.29, 1.82) is 0 Å². The monoisotopic (exact) mass is 350 g/mol. The van der Waals surface area contributed by atoms with E-state index in [9.17, 15) is 13.2 Å². The van der Waals surface area contributed by atoms with Crippen LogP contribution < -0.4 is 0 Å². The van der Waals surface area contributed by atoms with Gasteiger partial charge in [-0.25, -0.2) is 17.8 Å². The van der Waals surface area contributed by atoms with Crippen molar-refractivity contribution < 1.29 is 22.9 Å². The Hall–Kier alpha value is -1.64. The first-order valence-electron chi connectivity index (χ1n) is 5.45. The molecule has 2 aromatic rings. The Labute approximate surface area is 129 Å². The number of rotatable bonds is 4. The molecule has 0 fully saturated rings. The van der Waals surface area contributed by atoms with E-state index in [-0.39, 0.29) is 15.6 Å². The molecular weight excluding hydrogens is 343 g/mol. The van der Waals surface area contributed by atoms with Gasteiger partial charge in [-0.15, -0.1) is 0 Å². The molecule has 0 atom stereocenters. The van der Waals surface area contributed by atoms with Gasteiger partial charge >= 0.3 is 5.97 Å². The second-order valence-electron chi connectivity index (χ2n) is 4.13. The summed E-state index contributed by atoms with van der Waals surface area (Å²) in [5.74, 6) is -1.90. The highest BCUT2D eigenvalue weighted by molar-refractivity contribution is 7.90. The summed E-state index contributed by atoms with van der Waals surface area (Å²) in [7, 11) is -3.96. The number of hydrogen-bond acceptors (Lipinski definition) is 6. The predicted molar refractivity (Wildman–Crippen MR) is 73.3 cm³/mol. The van der Waals surface area contributed by atoms with Crippen LogP contribution in [0, 0.1) is 6.92 Å². The first kappa shape index (κ1) is 15.7. The molecule has 0 spiro atoms. The number of aryl methyl sites for hydroxylation is 1. The van der Waals surface area contributed by atoms with Crippen LogP contribution in [-0.2, 0) is 15.6 Å². The third kappa shape index (κ3) is 3.17. The Balaban J connectivity index is 2.55. The van der Waals surface area contributed by atoms with Crippen molar-refractivity contribution in [1.82, 2.24) is 10.3 Å². The molecule has 0 bridgehead atoms. The zero-order chi connectivity index (χ0) is 15.8. The lowest BCUT2D eigenvalue weighted by Crippen LogP contribution is -2.09. The molecule has 0 aliphatic rings. The largest absolute Gasteiger partial charge is 0.478 e. The first-order valence-corrected chi connectivity index (χ1v) is 7.86. The van der Waals surface area contributed by atoms with E-state index >= 15 is 0 Å². The number of hydrogen-bond donors (Lipinski definition) is 1. The summed E-state index contributed by atoms with van der Waals surface area (Å²) in [4.78, 5) is 10.7. The number of carbonyl (C=O) groups is 1. The molecule has 1 heterocycles. The van der Waals surface area contributed by atoms with Gasteiger partial charge in [-0.2, -0.15) is 0 Å². The standard InChI is InChI=1S/C11H8Cl2N2O5S/c1-5-8(15-20-14-5)4-21(18,19)9-3-6(12)2-7(10(9)13)11(16)17/h2-3H,4H2,1H3,(H,16,17). The average molecular weight is 351 g/mol. The van der Waals surface area contributed by atoms with Crippen LogP contribution in [0.25, 0.3) is 0 Å². The summed E-state index contributed by atoms with van der Waals surface area (Å²) in [5, 5.41) is 15.5. The molecule has 0 saturated carbocycles. The number of carboxylic acids is 1. The van der Waals surface area contributed by atoms with Crippen molar-refractivity contribution in [2.75, 3.05) is 0 Å². The molecule has 0 saturated heterocycles. The smallest absolute Gasteiger partial charge is 0.337 e. The molecule has 7 nitrogen and oxygen atoms in total. The van der Waals surface area contributed by atoms with Gasteiger partial charge in [-0.05, 0) is 19.1 Å². The zero-order valence-electron chi connectivity index (χ0n) is 10.5. The maximum absolute atomic E-state index is 12.4. The van der Waals surface area contributed by atoms with Crippen LogP contribution in [0.4, 0.5) is 0 Å². The molecular formula is C11H8Cl2N2O5S. The Morgan fingerprint density at radius 1 is 1.33 bits per heavy atom. The second-order valence-corrected chi connectivity index (χ2v) is 6.90.